The van der Waals surface area contributed by atoms with E-state index in [1.807, 2.05) is 5.23 Å². The lowest BCUT2D eigenvalue weighted by molar-refractivity contribution is -0.127. The van der Waals surface area contributed by atoms with Crippen molar-refractivity contribution in [1.82, 2.24) is 10.1 Å². The third-order valence-electron chi connectivity index (χ3n) is 4.34. The quantitative estimate of drug-likeness (QED) is 0.458. The minimum atomic E-state index is -3.62. The molecule has 1 N–H and O–H groups in total. The molecule has 0 saturated heterocycles. The van der Waals surface area contributed by atoms with E-state index in [9.17, 15) is 18.0 Å². The summed E-state index contributed by atoms with van der Waals surface area (Å²) in [5.41, 5.74) is 0. The van der Waals surface area contributed by atoms with Crippen molar-refractivity contribution in [2.24, 2.45) is 0 Å². The highest BCUT2D eigenvalue weighted by Crippen LogP contribution is 2.21. The molecule has 2 amide bonds. The van der Waals surface area contributed by atoms with E-state index >= 15 is 0 Å². The Morgan fingerprint density at radius 2 is 1.78 bits per heavy atom. The fourth-order valence-electron chi connectivity index (χ4n) is 2.57. The Hall–Kier alpha value is -2.03. The van der Waals surface area contributed by atoms with Gasteiger partial charge in [-0.25, -0.2) is 13.2 Å². The Bertz CT molecular complexity index is 697. The molecule has 0 heterocycles. The van der Waals surface area contributed by atoms with Crippen LogP contribution in [0.1, 0.15) is 39.0 Å². The van der Waals surface area contributed by atoms with Gasteiger partial charge >= 0.3 is 6.09 Å². The van der Waals surface area contributed by atoms with E-state index in [0.29, 0.717) is 19.4 Å². The average molecular weight is 394 g/mol. The van der Waals surface area contributed by atoms with Crippen molar-refractivity contribution in [2.75, 3.05) is 20.2 Å². The van der Waals surface area contributed by atoms with Crippen LogP contribution in [0.15, 0.2) is 35.2 Å². The SMILES string of the molecule is [B]NC(=O)OCC(CCCCCCN(C)C(C)=O)S(=O)(=O)c1ccccc1. The first kappa shape index (κ1) is 23.0. The summed E-state index contributed by atoms with van der Waals surface area (Å²) in [6.07, 6.45) is 2.76. The predicted octanol–water partition coefficient (Wildman–Crippen LogP) is 2.07. The van der Waals surface area contributed by atoms with Gasteiger partial charge in [-0.05, 0) is 25.0 Å². The van der Waals surface area contributed by atoms with E-state index in [-0.39, 0.29) is 17.4 Å². The second kappa shape index (κ2) is 11.6. The van der Waals surface area contributed by atoms with Crippen LogP contribution >= 0.6 is 0 Å². The van der Waals surface area contributed by atoms with Crippen LogP contribution in [0.3, 0.4) is 0 Å². The first-order valence-corrected chi connectivity index (χ1v) is 10.5. The summed E-state index contributed by atoms with van der Waals surface area (Å²) in [6.45, 7) is 1.95. The number of amides is 2. The summed E-state index contributed by atoms with van der Waals surface area (Å²) in [5.74, 6) is 0.0272. The summed E-state index contributed by atoms with van der Waals surface area (Å²) < 4.78 is 30.6. The molecule has 1 unspecified atom stereocenters. The molecule has 0 spiro atoms. The highest BCUT2D eigenvalue weighted by Gasteiger charge is 2.28. The number of carbonyl (C=O) groups is 2. The number of hydrogen-bond donors (Lipinski definition) is 1. The molecule has 0 aliphatic heterocycles. The number of nitrogens with one attached hydrogen (secondary N) is 1. The molecule has 0 aromatic heterocycles. The summed E-state index contributed by atoms with van der Waals surface area (Å²) in [7, 11) is 3.11. The van der Waals surface area contributed by atoms with E-state index in [1.54, 1.807) is 30.1 Å². The van der Waals surface area contributed by atoms with Gasteiger partial charge in [0.2, 0.25) is 13.9 Å². The van der Waals surface area contributed by atoms with Gasteiger partial charge in [0.25, 0.3) is 0 Å². The van der Waals surface area contributed by atoms with Gasteiger partial charge in [0, 0.05) is 20.5 Å². The summed E-state index contributed by atoms with van der Waals surface area (Å²) in [5, 5.41) is 0.991. The molecule has 1 atom stereocenters. The molecule has 0 aliphatic carbocycles. The van der Waals surface area contributed by atoms with E-state index in [2.05, 4.69) is 0 Å². The second-order valence-electron chi connectivity index (χ2n) is 6.37. The molecular formula is C18H27BN2O5S. The zero-order valence-electron chi connectivity index (χ0n) is 15.9. The van der Waals surface area contributed by atoms with E-state index in [0.717, 1.165) is 19.3 Å². The largest absolute Gasteiger partial charge is 0.449 e. The van der Waals surface area contributed by atoms with Gasteiger partial charge in [0.15, 0.2) is 9.84 Å². The molecule has 0 aliphatic rings. The second-order valence-corrected chi connectivity index (χ2v) is 8.59. The van der Waals surface area contributed by atoms with Gasteiger partial charge in [-0.1, -0.05) is 37.5 Å². The number of carbonyl (C=O) groups excluding carboxylic acids is 2. The topological polar surface area (TPSA) is 92.8 Å². The molecule has 1 aromatic rings. The van der Waals surface area contributed by atoms with Crippen LogP contribution in [-0.4, -0.2) is 58.7 Å². The van der Waals surface area contributed by atoms with Crippen molar-refractivity contribution in [3.05, 3.63) is 30.3 Å². The van der Waals surface area contributed by atoms with Crippen LogP contribution in [0, 0.1) is 0 Å². The number of hydrogen-bond acceptors (Lipinski definition) is 5. The Labute approximate surface area is 162 Å². The Morgan fingerprint density at radius 1 is 1.15 bits per heavy atom. The number of benzene rings is 1. The normalized spacial score (nSPS) is 12.2. The van der Waals surface area contributed by atoms with Crippen molar-refractivity contribution < 1.29 is 22.7 Å². The van der Waals surface area contributed by atoms with Crippen LogP contribution in [0.2, 0.25) is 0 Å². The molecular weight excluding hydrogens is 367 g/mol. The highest BCUT2D eigenvalue weighted by atomic mass is 32.2. The molecule has 2 radical (unpaired) electrons. The minimum Gasteiger partial charge on any atom is -0.449 e. The Balaban J connectivity index is 2.60. The minimum absolute atomic E-state index is 0.0272. The highest BCUT2D eigenvalue weighted by molar-refractivity contribution is 7.92. The van der Waals surface area contributed by atoms with Crippen LogP contribution in [0.5, 0.6) is 0 Å². The third-order valence-corrected chi connectivity index (χ3v) is 6.51. The maximum absolute atomic E-state index is 12.8. The smallest absolute Gasteiger partial charge is 0.394 e. The van der Waals surface area contributed by atoms with Gasteiger partial charge in [-0.3, -0.25) is 4.79 Å². The maximum atomic E-state index is 12.8. The lowest BCUT2D eigenvalue weighted by atomic mass is 10.1. The molecule has 7 nitrogen and oxygen atoms in total. The molecule has 148 valence electrons. The molecule has 1 rings (SSSR count). The van der Waals surface area contributed by atoms with E-state index in [1.165, 1.54) is 19.1 Å². The fourth-order valence-corrected chi connectivity index (χ4v) is 4.22. The standard InChI is InChI=1S/C18H27BN2O5S/c1-15(22)21(2)13-9-4-3-6-12-17(14-26-18(23)20-19)27(24,25)16-10-7-5-8-11-16/h5,7-8,10-11,17H,3-4,6,9,12-14H2,1-2H3,(H,20,23). The first-order chi connectivity index (χ1) is 12.8. The number of nitrogens with zero attached hydrogens (tertiary/aromatic N) is 1. The number of rotatable bonds is 11. The van der Waals surface area contributed by atoms with Crippen LogP contribution in [0.25, 0.3) is 0 Å². The molecule has 0 fully saturated rings. The maximum Gasteiger partial charge on any atom is 0.394 e. The van der Waals surface area contributed by atoms with Crippen molar-refractivity contribution in [3.8, 4) is 0 Å². The molecule has 0 bridgehead atoms. The van der Waals surface area contributed by atoms with Gasteiger partial charge in [0.05, 0.1) is 4.90 Å². The summed E-state index contributed by atoms with van der Waals surface area (Å²) in [4.78, 5) is 24.2. The number of sulfone groups is 1. The van der Waals surface area contributed by atoms with Crippen LogP contribution in [-0.2, 0) is 19.4 Å². The third kappa shape index (κ3) is 8.03. The van der Waals surface area contributed by atoms with Crippen molar-refractivity contribution in [2.45, 2.75) is 49.2 Å². The Kier molecular flexibility index (Phi) is 9.92. The first-order valence-electron chi connectivity index (χ1n) is 8.93. The zero-order valence-corrected chi connectivity index (χ0v) is 16.7. The lowest BCUT2D eigenvalue weighted by Crippen LogP contribution is -2.31. The van der Waals surface area contributed by atoms with Crippen molar-refractivity contribution >= 4 is 29.8 Å². The van der Waals surface area contributed by atoms with Gasteiger partial charge in [0.1, 0.15) is 11.9 Å². The Morgan fingerprint density at radius 3 is 2.37 bits per heavy atom. The zero-order chi connectivity index (χ0) is 20.3. The van der Waals surface area contributed by atoms with Crippen LogP contribution in [0.4, 0.5) is 4.79 Å². The average Bonchev–Trinajstić information content (AvgIpc) is 2.66. The fraction of sp³-hybridized carbons (Fsp3) is 0.556. The number of ether oxygens (including phenoxy) is 1. The van der Waals surface area contributed by atoms with Gasteiger partial charge < -0.3 is 14.9 Å². The van der Waals surface area contributed by atoms with E-state index in [4.69, 9.17) is 12.7 Å². The number of unbranched alkanes of at least 4 members (excludes halogenated alkanes) is 3. The van der Waals surface area contributed by atoms with Gasteiger partial charge in [-0.15, -0.1) is 0 Å². The molecule has 0 saturated carbocycles. The predicted molar refractivity (Wildman–Crippen MR) is 104 cm³/mol. The van der Waals surface area contributed by atoms with Gasteiger partial charge in [-0.2, -0.15) is 0 Å². The summed E-state index contributed by atoms with van der Waals surface area (Å²) >= 11 is 0. The monoisotopic (exact) mass is 394 g/mol. The lowest BCUT2D eigenvalue weighted by Gasteiger charge is -2.18. The van der Waals surface area contributed by atoms with Crippen LogP contribution < -0.4 is 5.23 Å². The van der Waals surface area contributed by atoms with Crippen molar-refractivity contribution in [3.63, 3.8) is 0 Å². The summed E-state index contributed by atoms with van der Waals surface area (Å²) in [6, 6.07) is 8.11. The van der Waals surface area contributed by atoms with E-state index < -0.39 is 21.2 Å². The van der Waals surface area contributed by atoms with Crippen molar-refractivity contribution in [1.29, 1.82) is 0 Å². The molecule has 1 aromatic carbocycles. The molecule has 9 heteroatoms. The molecule has 27 heavy (non-hydrogen) atoms.